The van der Waals surface area contributed by atoms with Gasteiger partial charge in [0.15, 0.2) is 0 Å². The van der Waals surface area contributed by atoms with Gasteiger partial charge in [0, 0.05) is 11.3 Å². The summed E-state index contributed by atoms with van der Waals surface area (Å²) in [7, 11) is 0. The second kappa shape index (κ2) is 8.64. The van der Waals surface area contributed by atoms with Gasteiger partial charge in [0.05, 0.1) is 30.4 Å². The minimum atomic E-state index is -0.535. The van der Waals surface area contributed by atoms with Crippen molar-refractivity contribution in [2.75, 3.05) is 18.5 Å². The zero-order valence-corrected chi connectivity index (χ0v) is 17.9. The number of esters is 2. The van der Waals surface area contributed by atoms with Crippen molar-refractivity contribution in [3.05, 3.63) is 82.9 Å². The first-order chi connectivity index (χ1) is 15.0. The number of carbonyl (C=O) groups excluding carboxylic acids is 2. The summed E-state index contributed by atoms with van der Waals surface area (Å²) in [5, 5.41) is 5.32. The lowest BCUT2D eigenvalue weighted by Crippen LogP contribution is -2.29. The average molecular weight is 415 g/mol. The fourth-order valence-corrected chi connectivity index (χ4v) is 4.02. The van der Waals surface area contributed by atoms with Crippen LogP contribution in [0.25, 0.3) is 16.3 Å². The van der Waals surface area contributed by atoms with Crippen LogP contribution in [0, 0.1) is 6.92 Å². The molecule has 0 bridgehead atoms. The fraction of sp³-hybridized carbons (Fsp3) is 0.231. The second-order valence-corrected chi connectivity index (χ2v) is 7.43. The highest BCUT2D eigenvalue weighted by Crippen LogP contribution is 2.44. The Balaban J connectivity index is 2.04. The first-order valence-electron chi connectivity index (χ1n) is 10.5. The summed E-state index contributed by atoms with van der Waals surface area (Å²) < 4.78 is 10.8. The van der Waals surface area contributed by atoms with Crippen molar-refractivity contribution in [1.29, 1.82) is 0 Å². The number of benzene rings is 3. The largest absolute Gasteiger partial charge is 0.463 e. The van der Waals surface area contributed by atoms with Crippen LogP contribution in [0.3, 0.4) is 0 Å². The number of ether oxygens (including phenoxy) is 2. The Morgan fingerprint density at radius 3 is 2.26 bits per heavy atom. The van der Waals surface area contributed by atoms with Crippen LogP contribution in [0.15, 0.2) is 66.2 Å². The number of carbonyl (C=O) groups is 2. The molecule has 0 fully saturated rings. The van der Waals surface area contributed by atoms with Crippen LogP contribution < -0.4 is 5.32 Å². The first kappa shape index (κ1) is 20.7. The summed E-state index contributed by atoms with van der Waals surface area (Å²) in [6.45, 7) is 5.93. The zero-order chi connectivity index (χ0) is 22.0. The van der Waals surface area contributed by atoms with E-state index in [0.717, 1.165) is 27.6 Å². The van der Waals surface area contributed by atoms with Gasteiger partial charge in [-0.3, -0.25) is 0 Å². The van der Waals surface area contributed by atoms with Crippen molar-refractivity contribution in [2.45, 2.75) is 26.8 Å². The fourth-order valence-electron chi connectivity index (χ4n) is 4.02. The quantitative estimate of drug-likeness (QED) is 0.581. The number of fused-ring (bicyclic) bond motifs is 3. The van der Waals surface area contributed by atoms with Crippen LogP contribution in [-0.2, 0) is 19.1 Å². The molecular formula is C26H25NO4. The molecule has 0 aliphatic carbocycles. The highest BCUT2D eigenvalue weighted by atomic mass is 16.5. The summed E-state index contributed by atoms with van der Waals surface area (Å²) in [4.78, 5) is 26.4. The number of hydrogen-bond acceptors (Lipinski definition) is 5. The Bertz CT molecular complexity index is 1180. The van der Waals surface area contributed by atoms with Crippen LogP contribution in [0.5, 0.6) is 0 Å². The molecule has 3 aromatic rings. The SMILES string of the molecule is CCOC(=O)C1=C(C(=O)OCC)C(c2ccc(C)cc2)Nc2ccc3ccccc3c21. The second-order valence-electron chi connectivity index (χ2n) is 7.43. The van der Waals surface area contributed by atoms with E-state index < -0.39 is 18.0 Å². The molecule has 1 unspecified atom stereocenters. The van der Waals surface area contributed by atoms with Crippen LogP contribution in [0.2, 0.25) is 0 Å². The molecule has 0 amide bonds. The van der Waals surface area contributed by atoms with Gasteiger partial charge in [-0.2, -0.15) is 0 Å². The van der Waals surface area contributed by atoms with Gasteiger partial charge >= 0.3 is 11.9 Å². The van der Waals surface area contributed by atoms with Gasteiger partial charge in [-0.1, -0.05) is 60.2 Å². The number of anilines is 1. The summed E-state index contributed by atoms with van der Waals surface area (Å²) in [5.74, 6) is -1.05. The molecule has 5 heteroatoms. The van der Waals surface area contributed by atoms with E-state index >= 15 is 0 Å². The molecule has 0 spiro atoms. The molecule has 0 saturated carbocycles. The molecule has 1 heterocycles. The molecule has 1 N–H and O–H groups in total. The summed E-state index contributed by atoms with van der Waals surface area (Å²) in [5.41, 5.74) is 3.96. The predicted octanol–water partition coefficient (Wildman–Crippen LogP) is 5.19. The monoisotopic (exact) mass is 415 g/mol. The lowest BCUT2D eigenvalue weighted by Gasteiger charge is -2.31. The van der Waals surface area contributed by atoms with Gasteiger partial charge in [0.1, 0.15) is 0 Å². The molecule has 0 radical (unpaired) electrons. The van der Waals surface area contributed by atoms with Crippen LogP contribution in [0.1, 0.15) is 36.6 Å². The van der Waals surface area contributed by atoms with Crippen LogP contribution in [-0.4, -0.2) is 25.2 Å². The molecular weight excluding hydrogens is 390 g/mol. The van der Waals surface area contributed by atoms with E-state index in [1.807, 2.05) is 67.6 Å². The summed E-state index contributed by atoms with van der Waals surface area (Å²) in [6, 6.07) is 19.1. The normalized spacial score (nSPS) is 15.3. The maximum Gasteiger partial charge on any atom is 0.339 e. The Morgan fingerprint density at radius 2 is 1.55 bits per heavy atom. The highest BCUT2D eigenvalue weighted by Gasteiger charge is 2.37. The van der Waals surface area contributed by atoms with Crippen molar-refractivity contribution in [3.8, 4) is 0 Å². The number of rotatable bonds is 5. The van der Waals surface area contributed by atoms with Crippen molar-refractivity contribution in [2.24, 2.45) is 0 Å². The maximum atomic E-state index is 13.2. The molecule has 4 rings (SSSR count). The first-order valence-corrected chi connectivity index (χ1v) is 10.5. The molecule has 1 atom stereocenters. The molecule has 31 heavy (non-hydrogen) atoms. The lowest BCUT2D eigenvalue weighted by atomic mass is 9.84. The smallest absolute Gasteiger partial charge is 0.339 e. The minimum Gasteiger partial charge on any atom is -0.463 e. The molecule has 0 saturated heterocycles. The Labute approximate surface area is 181 Å². The van der Waals surface area contributed by atoms with E-state index in [1.165, 1.54) is 0 Å². The Kier molecular flexibility index (Phi) is 5.76. The molecule has 1 aliphatic heterocycles. The average Bonchev–Trinajstić information content (AvgIpc) is 2.78. The minimum absolute atomic E-state index is 0.209. The third-order valence-corrected chi connectivity index (χ3v) is 5.42. The number of aryl methyl sites for hydroxylation is 1. The molecule has 5 nitrogen and oxygen atoms in total. The third-order valence-electron chi connectivity index (χ3n) is 5.42. The van der Waals surface area contributed by atoms with E-state index in [-0.39, 0.29) is 24.4 Å². The van der Waals surface area contributed by atoms with Crippen LogP contribution in [0.4, 0.5) is 5.69 Å². The lowest BCUT2D eigenvalue weighted by molar-refractivity contribution is -0.140. The van der Waals surface area contributed by atoms with Crippen LogP contribution >= 0.6 is 0 Å². The van der Waals surface area contributed by atoms with Crippen molar-refractivity contribution < 1.29 is 19.1 Å². The van der Waals surface area contributed by atoms with Gasteiger partial charge in [-0.15, -0.1) is 0 Å². The van der Waals surface area contributed by atoms with Gasteiger partial charge in [-0.25, -0.2) is 9.59 Å². The highest BCUT2D eigenvalue weighted by molar-refractivity contribution is 6.28. The van der Waals surface area contributed by atoms with E-state index in [1.54, 1.807) is 13.8 Å². The Hall–Kier alpha value is -3.60. The van der Waals surface area contributed by atoms with E-state index in [9.17, 15) is 9.59 Å². The van der Waals surface area contributed by atoms with Gasteiger partial charge in [0.25, 0.3) is 0 Å². The van der Waals surface area contributed by atoms with E-state index in [0.29, 0.717) is 5.56 Å². The third kappa shape index (κ3) is 3.79. The molecule has 1 aliphatic rings. The number of nitrogens with one attached hydrogen (secondary N) is 1. The van der Waals surface area contributed by atoms with Gasteiger partial charge in [0.2, 0.25) is 0 Å². The molecule has 158 valence electrons. The predicted molar refractivity (Wildman–Crippen MR) is 122 cm³/mol. The van der Waals surface area contributed by atoms with Gasteiger partial charge < -0.3 is 14.8 Å². The number of hydrogen-bond donors (Lipinski definition) is 1. The molecule has 0 aromatic heterocycles. The summed E-state index contributed by atoms with van der Waals surface area (Å²) in [6.07, 6.45) is 0. The van der Waals surface area contributed by atoms with E-state index in [4.69, 9.17) is 9.47 Å². The summed E-state index contributed by atoms with van der Waals surface area (Å²) >= 11 is 0. The van der Waals surface area contributed by atoms with Crippen molar-refractivity contribution in [3.63, 3.8) is 0 Å². The zero-order valence-electron chi connectivity index (χ0n) is 17.9. The standard InChI is InChI=1S/C26H25NO4/c1-4-30-25(28)22-21-19-9-7-6-8-17(19)14-15-20(21)27-24(23(22)26(29)31-5-2)18-12-10-16(3)11-13-18/h6-15,24,27H,4-5H2,1-3H3. The maximum absolute atomic E-state index is 13.2. The Morgan fingerprint density at radius 1 is 0.871 bits per heavy atom. The topological polar surface area (TPSA) is 64.6 Å². The van der Waals surface area contributed by atoms with Crippen molar-refractivity contribution in [1.82, 2.24) is 0 Å². The molecule has 3 aromatic carbocycles. The van der Waals surface area contributed by atoms with Crippen molar-refractivity contribution >= 4 is 34.0 Å². The van der Waals surface area contributed by atoms with Gasteiger partial charge in [-0.05, 0) is 43.2 Å². The van der Waals surface area contributed by atoms with E-state index in [2.05, 4.69) is 5.32 Å².